The predicted octanol–water partition coefficient (Wildman–Crippen LogP) is 1.86. The molecule has 0 atom stereocenters. The molecule has 0 aliphatic rings. The summed E-state index contributed by atoms with van der Waals surface area (Å²) in [6.45, 7) is 0. The van der Waals surface area contributed by atoms with E-state index in [2.05, 4.69) is 10.4 Å². The Morgan fingerprint density at radius 3 is 2.75 bits per heavy atom. The lowest BCUT2D eigenvalue weighted by Crippen LogP contribution is -2.05. The first-order valence-corrected chi connectivity index (χ1v) is 4.76. The zero-order valence-electron chi connectivity index (χ0n) is 8.71. The van der Waals surface area contributed by atoms with E-state index in [9.17, 15) is 4.79 Å². The van der Waals surface area contributed by atoms with Gasteiger partial charge in [0, 0.05) is 13.1 Å². The molecule has 0 radical (unpaired) electrons. The molecule has 2 N–H and O–H groups in total. The summed E-state index contributed by atoms with van der Waals surface area (Å²) < 4.78 is 1.64. The number of benzene rings is 1. The number of nitrogens with zero attached hydrogens (tertiary/aromatic N) is 2. The minimum absolute atomic E-state index is 0.240. The molecule has 0 amide bonds. The van der Waals surface area contributed by atoms with Gasteiger partial charge in [0.15, 0.2) is 0 Å². The highest BCUT2D eigenvalue weighted by atomic mass is 16.4. The van der Waals surface area contributed by atoms with Crippen LogP contribution in [0.1, 0.15) is 10.4 Å². The zero-order chi connectivity index (χ0) is 11.5. The average molecular weight is 217 g/mol. The van der Waals surface area contributed by atoms with Crippen LogP contribution in [-0.2, 0) is 7.05 Å². The minimum Gasteiger partial charge on any atom is -0.478 e. The molecule has 0 spiro atoms. The van der Waals surface area contributed by atoms with Gasteiger partial charge in [-0.05, 0) is 12.1 Å². The second-order valence-electron chi connectivity index (χ2n) is 3.32. The highest BCUT2D eigenvalue weighted by Gasteiger charge is 2.09. The number of hydrogen-bond acceptors (Lipinski definition) is 3. The largest absolute Gasteiger partial charge is 0.478 e. The quantitative estimate of drug-likeness (QED) is 0.823. The molecule has 5 nitrogen and oxygen atoms in total. The first kappa shape index (κ1) is 10.2. The van der Waals surface area contributed by atoms with E-state index in [0.29, 0.717) is 5.69 Å². The molecule has 1 aromatic heterocycles. The maximum absolute atomic E-state index is 11.0. The fourth-order valence-corrected chi connectivity index (χ4v) is 1.41. The molecule has 82 valence electrons. The fourth-order valence-electron chi connectivity index (χ4n) is 1.41. The number of aryl methyl sites for hydroxylation is 1. The van der Waals surface area contributed by atoms with Crippen molar-refractivity contribution in [2.45, 2.75) is 0 Å². The summed E-state index contributed by atoms with van der Waals surface area (Å²) in [7, 11) is 1.78. The van der Waals surface area contributed by atoms with Crippen molar-refractivity contribution in [3.63, 3.8) is 0 Å². The van der Waals surface area contributed by atoms with Crippen LogP contribution in [0, 0.1) is 0 Å². The number of para-hydroxylation sites is 1. The van der Waals surface area contributed by atoms with Crippen molar-refractivity contribution < 1.29 is 9.90 Å². The summed E-state index contributed by atoms with van der Waals surface area (Å²) in [5, 5.41) is 16.0. The van der Waals surface area contributed by atoms with Crippen LogP contribution < -0.4 is 5.32 Å². The van der Waals surface area contributed by atoms with Crippen LogP contribution >= 0.6 is 0 Å². The normalized spacial score (nSPS) is 10.1. The Hall–Kier alpha value is -2.30. The highest BCUT2D eigenvalue weighted by Crippen LogP contribution is 2.19. The second kappa shape index (κ2) is 4.06. The fraction of sp³-hybridized carbons (Fsp3) is 0.0909. The van der Waals surface area contributed by atoms with Gasteiger partial charge in [0.1, 0.15) is 5.82 Å². The van der Waals surface area contributed by atoms with E-state index in [-0.39, 0.29) is 5.56 Å². The van der Waals surface area contributed by atoms with E-state index in [1.165, 1.54) is 0 Å². The van der Waals surface area contributed by atoms with Gasteiger partial charge in [-0.15, -0.1) is 0 Å². The number of nitrogens with one attached hydrogen (secondary N) is 1. The molecule has 2 rings (SSSR count). The van der Waals surface area contributed by atoms with Crippen LogP contribution in [0.3, 0.4) is 0 Å². The number of rotatable bonds is 3. The van der Waals surface area contributed by atoms with Crippen molar-refractivity contribution in [3.8, 4) is 0 Å². The zero-order valence-corrected chi connectivity index (χ0v) is 8.71. The molecule has 0 saturated carbocycles. The second-order valence-corrected chi connectivity index (χ2v) is 3.32. The highest BCUT2D eigenvalue weighted by molar-refractivity contribution is 5.94. The Morgan fingerprint density at radius 2 is 2.12 bits per heavy atom. The molecule has 5 heteroatoms. The van der Waals surface area contributed by atoms with Crippen LogP contribution in [0.4, 0.5) is 11.5 Å². The van der Waals surface area contributed by atoms with Crippen LogP contribution in [0.15, 0.2) is 36.5 Å². The standard InChI is InChI=1S/C11H11N3O2/c1-14-10(6-7-12-14)13-9-5-3-2-4-8(9)11(15)16/h2-7,13H,1H3,(H,15,16). The van der Waals surface area contributed by atoms with Crippen molar-refractivity contribution in [1.82, 2.24) is 9.78 Å². The van der Waals surface area contributed by atoms with E-state index in [1.54, 1.807) is 48.3 Å². The third-order valence-electron chi connectivity index (χ3n) is 2.24. The molecular formula is C11H11N3O2. The van der Waals surface area contributed by atoms with E-state index >= 15 is 0 Å². The number of anilines is 2. The number of carbonyl (C=O) groups is 1. The van der Waals surface area contributed by atoms with Gasteiger partial charge in [0.05, 0.1) is 17.4 Å². The van der Waals surface area contributed by atoms with Crippen LogP contribution in [0.25, 0.3) is 0 Å². The smallest absolute Gasteiger partial charge is 0.337 e. The number of hydrogen-bond donors (Lipinski definition) is 2. The van der Waals surface area contributed by atoms with Gasteiger partial charge < -0.3 is 10.4 Å². The number of carboxylic acid groups (broad SMARTS) is 1. The van der Waals surface area contributed by atoms with Gasteiger partial charge >= 0.3 is 5.97 Å². The lowest BCUT2D eigenvalue weighted by Gasteiger charge is -2.08. The van der Waals surface area contributed by atoms with Crippen LogP contribution in [-0.4, -0.2) is 20.9 Å². The maximum atomic E-state index is 11.0. The molecule has 0 bridgehead atoms. The number of carboxylic acids is 1. The Kier molecular flexibility index (Phi) is 2.59. The maximum Gasteiger partial charge on any atom is 0.337 e. The molecule has 0 aliphatic carbocycles. The molecule has 16 heavy (non-hydrogen) atoms. The van der Waals surface area contributed by atoms with Crippen LogP contribution in [0.5, 0.6) is 0 Å². The summed E-state index contributed by atoms with van der Waals surface area (Å²) >= 11 is 0. The molecule has 0 saturated heterocycles. The summed E-state index contributed by atoms with van der Waals surface area (Å²) in [4.78, 5) is 11.0. The SMILES string of the molecule is Cn1nccc1Nc1ccccc1C(=O)O. The van der Waals surface area contributed by atoms with E-state index in [1.807, 2.05) is 0 Å². The average Bonchev–Trinajstić information content (AvgIpc) is 2.65. The third kappa shape index (κ3) is 1.88. The van der Waals surface area contributed by atoms with Gasteiger partial charge in [-0.1, -0.05) is 12.1 Å². The van der Waals surface area contributed by atoms with Crippen molar-refractivity contribution in [2.24, 2.45) is 7.05 Å². The topological polar surface area (TPSA) is 67.2 Å². The Bertz CT molecular complexity index is 519. The number of aromatic nitrogens is 2. The lowest BCUT2D eigenvalue weighted by atomic mass is 10.2. The summed E-state index contributed by atoms with van der Waals surface area (Å²) in [5.74, 6) is -0.209. The summed E-state index contributed by atoms with van der Waals surface area (Å²) in [6.07, 6.45) is 1.64. The third-order valence-corrected chi connectivity index (χ3v) is 2.24. The first-order valence-electron chi connectivity index (χ1n) is 4.76. The van der Waals surface area contributed by atoms with E-state index in [0.717, 1.165) is 5.82 Å². The predicted molar refractivity (Wildman–Crippen MR) is 59.9 cm³/mol. The van der Waals surface area contributed by atoms with Crippen molar-refractivity contribution in [1.29, 1.82) is 0 Å². The molecule has 1 aromatic carbocycles. The van der Waals surface area contributed by atoms with Gasteiger partial charge in [-0.2, -0.15) is 5.10 Å². The summed E-state index contributed by atoms with van der Waals surface area (Å²) in [5.41, 5.74) is 0.794. The van der Waals surface area contributed by atoms with Gasteiger partial charge in [0.2, 0.25) is 0 Å². The molecule has 1 heterocycles. The Balaban J connectivity index is 2.35. The van der Waals surface area contributed by atoms with Crippen molar-refractivity contribution >= 4 is 17.5 Å². The van der Waals surface area contributed by atoms with Gasteiger partial charge in [0.25, 0.3) is 0 Å². The molecule has 0 aliphatic heterocycles. The van der Waals surface area contributed by atoms with Crippen molar-refractivity contribution in [2.75, 3.05) is 5.32 Å². The monoisotopic (exact) mass is 217 g/mol. The lowest BCUT2D eigenvalue weighted by molar-refractivity contribution is 0.0698. The van der Waals surface area contributed by atoms with Crippen LogP contribution in [0.2, 0.25) is 0 Å². The molecular weight excluding hydrogens is 206 g/mol. The van der Waals surface area contributed by atoms with Crippen molar-refractivity contribution in [3.05, 3.63) is 42.1 Å². The molecule has 0 unspecified atom stereocenters. The van der Waals surface area contributed by atoms with E-state index in [4.69, 9.17) is 5.11 Å². The molecule has 2 aromatic rings. The summed E-state index contributed by atoms with van der Waals surface area (Å²) in [6, 6.07) is 8.53. The van der Waals surface area contributed by atoms with Gasteiger partial charge in [-0.3, -0.25) is 4.68 Å². The van der Waals surface area contributed by atoms with Gasteiger partial charge in [-0.25, -0.2) is 4.79 Å². The Labute approximate surface area is 92.3 Å². The van der Waals surface area contributed by atoms with E-state index < -0.39 is 5.97 Å². The molecule has 0 fully saturated rings. The number of aromatic carboxylic acids is 1. The minimum atomic E-state index is -0.953. The first-order chi connectivity index (χ1) is 7.68. The Morgan fingerprint density at radius 1 is 1.38 bits per heavy atom.